The number of hydrogen-bond acceptors (Lipinski definition) is 8. The number of para-hydroxylation sites is 1. The summed E-state index contributed by atoms with van der Waals surface area (Å²) >= 11 is 5.44. The van der Waals surface area contributed by atoms with Crippen molar-refractivity contribution in [3.8, 4) is 17.8 Å². The third kappa shape index (κ3) is 4.11. The molecule has 5 rings (SSSR count). The molecule has 1 aromatic heterocycles. The number of rotatable bonds is 5. The number of thiocarbonyl (C=S) groups is 1. The van der Waals surface area contributed by atoms with E-state index in [1.54, 1.807) is 22.9 Å². The van der Waals surface area contributed by atoms with Gasteiger partial charge in [0.15, 0.2) is 5.11 Å². The molecule has 32 heavy (non-hydrogen) atoms. The van der Waals surface area contributed by atoms with E-state index >= 15 is 0 Å². The molecule has 0 spiro atoms. The van der Waals surface area contributed by atoms with Crippen LogP contribution in [0.15, 0.2) is 54.6 Å². The van der Waals surface area contributed by atoms with E-state index in [0.29, 0.717) is 29.6 Å². The van der Waals surface area contributed by atoms with Crippen LogP contribution in [0.5, 0.6) is 11.8 Å². The Bertz CT molecular complexity index is 1150. The van der Waals surface area contributed by atoms with E-state index in [0.717, 1.165) is 5.69 Å². The number of nitrogens with one attached hydrogen (secondary N) is 2. The van der Waals surface area contributed by atoms with Gasteiger partial charge in [-0.25, -0.2) is 0 Å². The first-order chi connectivity index (χ1) is 15.7. The van der Waals surface area contributed by atoms with Crippen molar-refractivity contribution in [2.45, 2.75) is 24.3 Å². The third-order valence-electron chi connectivity index (χ3n) is 5.32. The van der Waals surface area contributed by atoms with Crippen LogP contribution in [-0.4, -0.2) is 56.8 Å². The number of fused-ring (bicyclic) bond motifs is 1. The summed E-state index contributed by atoms with van der Waals surface area (Å²) in [7, 11) is 0. The Morgan fingerprint density at radius 2 is 1.97 bits per heavy atom. The van der Waals surface area contributed by atoms with Crippen LogP contribution in [0.1, 0.15) is 11.6 Å². The first kappa shape index (κ1) is 20.3. The summed E-state index contributed by atoms with van der Waals surface area (Å²) in [5, 5.41) is 27.7. The van der Waals surface area contributed by atoms with Crippen LogP contribution in [0.4, 0.5) is 5.69 Å². The minimum Gasteiger partial charge on any atom is -0.423 e. The van der Waals surface area contributed by atoms with Crippen molar-refractivity contribution >= 4 is 23.0 Å². The van der Waals surface area contributed by atoms with E-state index in [4.69, 9.17) is 31.7 Å². The van der Waals surface area contributed by atoms with Gasteiger partial charge in [0.25, 0.3) is 0 Å². The van der Waals surface area contributed by atoms with Gasteiger partial charge in [0, 0.05) is 5.69 Å². The molecule has 2 aliphatic rings. The Hall–Kier alpha value is -3.59. The summed E-state index contributed by atoms with van der Waals surface area (Å²) in [6.45, 7) is 0.803. The molecule has 0 amide bonds. The van der Waals surface area contributed by atoms with Crippen LogP contribution < -0.4 is 15.4 Å². The van der Waals surface area contributed by atoms with E-state index in [2.05, 4.69) is 32.2 Å². The van der Waals surface area contributed by atoms with Crippen molar-refractivity contribution in [2.24, 2.45) is 0 Å². The predicted octanol–water partition coefficient (Wildman–Crippen LogP) is 2.03. The highest BCUT2D eigenvalue weighted by atomic mass is 32.1. The van der Waals surface area contributed by atoms with Gasteiger partial charge in [-0.2, -0.15) is 9.94 Å². The van der Waals surface area contributed by atoms with E-state index in [1.807, 2.05) is 36.4 Å². The Morgan fingerprint density at radius 3 is 2.81 bits per heavy atom. The van der Waals surface area contributed by atoms with Gasteiger partial charge in [-0.15, -0.1) is 0 Å². The lowest BCUT2D eigenvalue weighted by molar-refractivity contribution is 0.0615. The smallest absolute Gasteiger partial charge is 0.341 e. The lowest BCUT2D eigenvalue weighted by Crippen LogP contribution is -2.45. The Balaban J connectivity index is 1.23. The monoisotopic (exact) mass is 449 g/mol. The fraction of sp³-hybridized carbons (Fsp3) is 0.286. The molecule has 2 aliphatic heterocycles. The largest absolute Gasteiger partial charge is 0.423 e. The SMILES string of the molecule is N#Cc1cccc(NC(=S)N[C@H]2CO[C@H]3[C@H]2OC[C@H]3n2nnnc2Oc2ccccc2)c1. The summed E-state index contributed by atoms with van der Waals surface area (Å²) in [6, 6.07) is 18.5. The highest BCUT2D eigenvalue weighted by molar-refractivity contribution is 7.80. The Morgan fingerprint density at radius 1 is 1.12 bits per heavy atom. The number of anilines is 1. The number of ether oxygens (including phenoxy) is 3. The molecule has 0 aliphatic carbocycles. The summed E-state index contributed by atoms with van der Waals surface area (Å²) in [6.07, 6.45) is -0.474. The first-order valence-corrected chi connectivity index (χ1v) is 10.4. The highest BCUT2D eigenvalue weighted by Gasteiger charge is 2.50. The van der Waals surface area contributed by atoms with Gasteiger partial charge in [0.05, 0.1) is 30.9 Å². The molecule has 3 heterocycles. The maximum absolute atomic E-state index is 9.05. The number of hydrogen-bond donors (Lipinski definition) is 2. The fourth-order valence-electron chi connectivity index (χ4n) is 3.87. The quantitative estimate of drug-likeness (QED) is 0.560. The van der Waals surface area contributed by atoms with Crippen molar-refractivity contribution in [1.29, 1.82) is 5.26 Å². The molecule has 162 valence electrons. The molecule has 2 fully saturated rings. The zero-order valence-corrected chi connectivity index (χ0v) is 17.6. The van der Waals surface area contributed by atoms with E-state index in [1.165, 1.54) is 0 Å². The summed E-state index contributed by atoms with van der Waals surface area (Å²) in [5.41, 5.74) is 1.29. The van der Waals surface area contributed by atoms with Crippen LogP contribution in [0.2, 0.25) is 0 Å². The summed E-state index contributed by atoms with van der Waals surface area (Å²) in [4.78, 5) is 0. The standard InChI is InChI=1S/C21H19N7O3S/c22-10-13-5-4-6-14(9-13)23-20(32)24-16-11-29-19-17(12-30-18(16)19)28-21(25-26-27-28)31-15-7-2-1-3-8-15/h1-9,16-19H,11-12H2,(H2,23,24,32)/t16-,17+,18-,19+/m0/s1. The van der Waals surface area contributed by atoms with Crippen LogP contribution >= 0.6 is 12.2 Å². The maximum atomic E-state index is 9.05. The van der Waals surface area contributed by atoms with Crippen LogP contribution in [0, 0.1) is 11.3 Å². The third-order valence-corrected chi connectivity index (χ3v) is 5.54. The zero-order chi connectivity index (χ0) is 21.9. The highest BCUT2D eigenvalue weighted by Crippen LogP contribution is 2.36. The first-order valence-electron chi connectivity index (χ1n) is 10.0. The number of nitrogens with zero attached hydrogens (tertiary/aromatic N) is 5. The van der Waals surface area contributed by atoms with E-state index in [9.17, 15) is 0 Å². The van der Waals surface area contributed by atoms with Crippen molar-refractivity contribution in [3.05, 3.63) is 60.2 Å². The number of benzene rings is 2. The van der Waals surface area contributed by atoms with Crippen molar-refractivity contribution in [2.75, 3.05) is 18.5 Å². The molecule has 0 unspecified atom stereocenters. The van der Waals surface area contributed by atoms with Gasteiger partial charge in [-0.05, 0) is 53.0 Å². The predicted molar refractivity (Wildman–Crippen MR) is 117 cm³/mol. The second-order valence-corrected chi connectivity index (χ2v) is 7.79. The Labute approximate surface area is 189 Å². The van der Waals surface area contributed by atoms with Crippen molar-refractivity contribution < 1.29 is 14.2 Å². The minimum atomic E-state index is -0.251. The van der Waals surface area contributed by atoms with Crippen LogP contribution in [0.25, 0.3) is 0 Å². The second kappa shape index (κ2) is 8.88. The average molecular weight is 449 g/mol. The van der Waals surface area contributed by atoms with Gasteiger partial charge in [0.1, 0.15) is 24.0 Å². The lowest BCUT2D eigenvalue weighted by atomic mass is 10.1. The minimum absolute atomic E-state index is 0.140. The molecule has 10 nitrogen and oxygen atoms in total. The van der Waals surface area contributed by atoms with E-state index < -0.39 is 0 Å². The number of aromatic nitrogens is 4. The fourth-order valence-corrected chi connectivity index (χ4v) is 4.14. The van der Waals surface area contributed by atoms with Gasteiger partial charge in [0.2, 0.25) is 0 Å². The molecular formula is C21H19N7O3S. The van der Waals surface area contributed by atoms with Crippen LogP contribution in [0.3, 0.4) is 0 Å². The second-order valence-electron chi connectivity index (χ2n) is 7.38. The molecule has 2 aromatic carbocycles. The molecule has 2 N–H and O–H groups in total. The van der Waals surface area contributed by atoms with Crippen molar-refractivity contribution in [1.82, 2.24) is 25.5 Å². The maximum Gasteiger partial charge on any atom is 0.341 e. The van der Waals surface area contributed by atoms with E-state index in [-0.39, 0.29) is 30.3 Å². The molecule has 0 saturated carbocycles. The number of nitriles is 1. The number of tetrazole rings is 1. The molecule has 3 aromatic rings. The summed E-state index contributed by atoms with van der Waals surface area (Å²) < 4.78 is 19.5. The van der Waals surface area contributed by atoms with Gasteiger partial charge < -0.3 is 24.8 Å². The van der Waals surface area contributed by atoms with Crippen molar-refractivity contribution in [3.63, 3.8) is 0 Å². The lowest BCUT2D eigenvalue weighted by Gasteiger charge is -2.20. The Kier molecular flexibility index (Phi) is 5.64. The molecular weight excluding hydrogens is 430 g/mol. The molecule has 4 atom stereocenters. The normalized spacial score (nSPS) is 23.8. The zero-order valence-electron chi connectivity index (χ0n) is 16.8. The topological polar surface area (TPSA) is 119 Å². The molecule has 2 saturated heterocycles. The van der Waals surface area contributed by atoms with Crippen LogP contribution in [-0.2, 0) is 9.47 Å². The molecule has 0 bridgehead atoms. The van der Waals surface area contributed by atoms with Gasteiger partial charge >= 0.3 is 6.01 Å². The van der Waals surface area contributed by atoms with Gasteiger partial charge in [-0.3, -0.25) is 0 Å². The molecule has 0 radical (unpaired) electrons. The average Bonchev–Trinajstić information content (AvgIpc) is 3.52. The summed E-state index contributed by atoms with van der Waals surface area (Å²) in [5.74, 6) is 0.641. The van der Waals surface area contributed by atoms with Gasteiger partial charge in [-0.1, -0.05) is 29.4 Å². The molecule has 11 heteroatoms.